The second kappa shape index (κ2) is 12.1. The predicted molar refractivity (Wildman–Crippen MR) is 90.4 cm³/mol. The van der Waals surface area contributed by atoms with Crippen molar-refractivity contribution in [3.05, 3.63) is 11.5 Å². The second-order valence-corrected chi connectivity index (χ2v) is 6.32. The van der Waals surface area contributed by atoms with Crippen molar-refractivity contribution >= 4 is 5.97 Å². The lowest BCUT2D eigenvalue weighted by atomic mass is 10.1. The van der Waals surface area contributed by atoms with Crippen molar-refractivity contribution in [1.29, 1.82) is 0 Å². The van der Waals surface area contributed by atoms with E-state index in [4.69, 9.17) is 14.6 Å². The van der Waals surface area contributed by atoms with Gasteiger partial charge >= 0.3 is 5.97 Å². The van der Waals surface area contributed by atoms with E-state index in [-0.39, 0.29) is 5.76 Å². The number of ether oxygens (including phenoxy) is 2. The maximum Gasteiger partial charge on any atom is 0.378 e. The number of hydrogen-bond acceptors (Lipinski definition) is 6. The summed E-state index contributed by atoms with van der Waals surface area (Å²) in [6, 6.07) is 0. The number of aliphatic hydroxyl groups excluding tert-OH is 3. The van der Waals surface area contributed by atoms with Gasteiger partial charge in [-0.2, -0.15) is 0 Å². The normalized spacial score (nSPS) is 18.8. The summed E-state index contributed by atoms with van der Waals surface area (Å²) in [5, 5.41) is 28.2. The molecule has 1 rings (SSSR count). The van der Waals surface area contributed by atoms with Gasteiger partial charge in [0.15, 0.2) is 11.9 Å². The first-order valence-corrected chi connectivity index (χ1v) is 9.17. The van der Waals surface area contributed by atoms with Crippen LogP contribution < -0.4 is 0 Å². The van der Waals surface area contributed by atoms with E-state index in [2.05, 4.69) is 6.92 Å². The van der Waals surface area contributed by atoms with Crippen LogP contribution in [0.15, 0.2) is 11.5 Å². The fraction of sp³-hybridized carbons (Fsp3) is 0.833. The van der Waals surface area contributed by atoms with Gasteiger partial charge in [-0.3, -0.25) is 0 Å². The highest BCUT2D eigenvalue weighted by atomic mass is 16.6. The van der Waals surface area contributed by atoms with Crippen LogP contribution >= 0.6 is 0 Å². The van der Waals surface area contributed by atoms with E-state index < -0.39 is 30.5 Å². The molecule has 1 heterocycles. The van der Waals surface area contributed by atoms with E-state index in [1.807, 2.05) is 0 Å². The van der Waals surface area contributed by atoms with Crippen molar-refractivity contribution in [3.63, 3.8) is 0 Å². The minimum Gasteiger partial charge on any atom is -0.499 e. The first-order valence-electron chi connectivity index (χ1n) is 9.17. The van der Waals surface area contributed by atoms with E-state index in [9.17, 15) is 15.0 Å². The Morgan fingerprint density at radius 1 is 1.04 bits per heavy atom. The van der Waals surface area contributed by atoms with Crippen molar-refractivity contribution in [2.75, 3.05) is 13.2 Å². The molecule has 6 nitrogen and oxygen atoms in total. The van der Waals surface area contributed by atoms with Crippen LogP contribution in [0.1, 0.15) is 71.1 Å². The van der Waals surface area contributed by atoms with Gasteiger partial charge in [0.25, 0.3) is 0 Å². The molecule has 0 aromatic rings. The highest BCUT2D eigenvalue weighted by Gasteiger charge is 2.40. The SMILES string of the molecule is CCCCCCCCCCCCOC1=C(O)C(=O)O[C@@H]1C(O)CO. The minimum absolute atomic E-state index is 0.0718. The number of carbonyl (C=O) groups excluding carboxylic acids is 1. The summed E-state index contributed by atoms with van der Waals surface area (Å²) in [6.07, 6.45) is 9.61. The standard InChI is InChI=1S/C18H32O6/c1-2-3-4-5-6-7-8-9-10-11-12-23-17-15(21)18(22)24-16(17)14(20)13-19/h14,16,19-21H,2-13H2,1H3/t14?,16-/m1/s1. The van der Waals surface area contributed by atoms with Crippen LogP contribution in [-0.4, -0.2) is 46.7 Å². The van der Waals surface area contributed by atoms with Gasteiger partial charge in [0.05, 0.1) is 13.2 Å². The van der Waals surface area contributed by atoms with Gasteiger partial charge in [0, 0.05) is 0 Å². The predicted octanol–water partition coefficient (Wildman–Crippen LogP) is 2.97. The van der Waals surface area contributed by atoms with Crippen LogP contribution in [0.4, 0.5) is 0 Å². The number of rotatable bonds is 14. The molecule has 24 heavy (non-hydrogen) atoms. The van der Waals surface area contributed by atoms with E-state index in [1.165, 1.54) is 44.9 Å². The Hall–Kier alpha value is -1.27. The van der Waals surface area contributed by atoms with Crippen LogP contribution in [0.5, 0.6) is 0 Å². The maximum atomic E-state index is 11.3. The largest absolute Gasteiger partial charge is 0.499 e. The van der Waals surface area contributed by atoms with Crippen LogP contribution in [0.2, 0.25) is 0 Å². The third-order valence-electron chi connectivity index (χ3n) is 4.21. The number of unbranched alkanes of at least 4 members (excludes halogenated alkanes) is 9. The van der Waals surface area contributed by atoms with Crippen molar-refractivity contribution in [1.82, 2.24) is 0 Å². The molecule has 0 amide bonds. The van der Waals surface area contributed by atoms with Gasteiger partial charge in [-0.1, -0.05) is 64.7 Å². The molecule has 6 heteroatoms. The third-order valence-corrected chi connectivity index (χ3v) is 4.21. The van der Waals surface area contributed by atoms with E-state index in [0.717, 1.165) is 19.3 Å². The Morgan fingerprint density at radius 2 is 1.58 bits per heavy atom. The summed E-state index contributed by atoms with van der Waals surface area (Å²) in [6.45, 7) is 2.00. The molecular formula is C18H32O6. The molecular weight excluding hydrogens is 312 g/mol. The fourth-order valence-electron chi connectivity index (χ4n) is 2.73. The molecule has 0 bridgehead atoms. The lowest BCUT2D eigenvalue weighted by molar-refractivity contribution is -0.148. The molecule has 0 radical (unpaired) electrons. The highest BCUT2D eigenvalue weighted by Crippen LogP contribution is 2.25. The highest BCUT2D eigenvalue weighted by molar-refractivity contribution is 5.89. The molecule has 140 valence electrons. The Kier molecular flexibility index (Phi) is 10.5. The van der Waals surface area contributed by atoms with Gasteiger partial charge < -0.3 is 24.8 Å². The first-order chi connectivity index (χ1) is 11.6. The zero-order valence-electron chi connectivity index (χ0n) is 14.7. The fourth-order valence-corrected chi connectivity index (χ4v) is 2.73. The average Bonchev–Trinajstić information content (AvgIpc) is 2.87. The van der Waals surface area contributed by atoms with E-state index in [1.54, 1.807) is 0 Å². The topological polar surface area (TPSA) is 96.2 Å². The van der Waals surface area contributed by atoms with Crippen LogP contribution in [0, 0.1) is 0 Å². The smallest absolute Gasteiger partial charge is 0.378 e. The van der Waals surface area contributed by atoms with E-state index >= 15 is 0 Å². The summed E-state index contributed by atoms with van der Waals surface area (Å²) in [4.78, 5) is 11.3. The summed E-state index contributed by atoms with van der Waals surface area (Å²) < 4.78 is 10.2. The zero-order valence-corrected chi connectivity index (χ0v) is 14.7. The molecule has 3 N–H and O–H groups in total. The van der Waals surface area contributed by atoms with Crippen LogP contribution in [0.3, 0.4) is 0 Å². The maximum absolute atomic E-state index is 11.3. The molecule has 0 fully saturated rings. The van der Waals surface area contributed by atoms with Gasteiger partial charge in [0.2, 0.25) is 5.76 Å². The Bertz CT molecular complexity index is 393. The molecule has 1 aliphatic rings. The molecule has 0 saturated carbocycles. The van der Waals surface area contributed by atoms with Crippen LogP contribution in [0.25, 0.3) is 0 Å². The summed E-state index contributed by atoms with van der Waals surface area (Å²) in [5.74, 6) is -1.61. The van der Waals surface area contributed by atoms with Crippen molar-refractivity contribution in [2.45, 2.75) is 83.3 Å². The second-order valence-electron chi connectivity index (χ2n) is 6.32. The van der Waals surface area contributed by atoms with Gasteiger partial charge in [0.1, 0.15) is 6.10 Å². The van der Waals surface area contributed by atoms with Gasteiger partial charge in [-0.15, -0.1) is 0 Å². The summed E-state index contributed by atoms with van der Waals surface area (Å²) in [5.41, 5.74) is 0. The lowest BCUT2D eigenvalue weighted by Crippen LogP contribution is -2.32. The Balaban J connectivity index is 2.10. The molecule has 0 spiro atoms. The van der Waals surface area contributed by atoms with Gasteiger partial charge in [-0.05, 0) is 6.42 Å². The molecule has 0 saturated heterocycles. The Morgan fingerprint density at radius 3 is 2.12 bits per heavy atom. The summed E-state index contributed by atoms with van der Waals surface area (Å²) >= 11 is 0. The summed E-state index contributed by atoms with van der Waals surface area (Å²) in [7, 11) is 0. The lowest BCUT2D eigenvalue weighted by Gasteiger charge is -2.18. The van der Waals surface area contributed by atoms with Crippen LogP contribution in [-0.2, 0) is 14.3 Å². The van der Waals surface area contributed by atoms with E-state index in [0.29, 0.717) is 6.61 Å². The molecule has 1 unspecified atom stereocenters. The zero-order chi connectivity index (χ0) is 17.8. The molecule has 1 aliphatic heterocycles. The number of esters is 1. The number of hydrogen-bond donors (Lipinski definition) is 3. The molecule has 0 aromatic carbocycles. The molecule has 0 aliphatic carbocycles. The number of cyclic esters (lactones) is 1. The first kappa shape index (κ1) is 20.8. The third kappa shape index (κ3) is 7.09. The number of aliphatic hydroxyl groups is 3. The monoisotopic (exact) mass is 344 g/mol. The molecule has 0 aromatic heterocycles. The van der Waals surface area contributed by atoms with Gasteiger partial charge in [-0.25, -0.2) is 4.79 Å². The van der Waals surface area contributed by atoms with Crippen molar-refractivity contribution in [3.8, 4) is 0 Å². The molecule has 2 atom stereocenters. The van der Waals surface area contributed by atoms with Crippen molar-refractivity contribution in [2.24, 2.45) is 0 Å². The average molecular weight is 344 g/mol. The Labute approximate surface area is 144 Å². The van der Waals surface area contributed by atoms with Crippen molar-refractivity contribution < 1.29 is 29.6 Å². The quantitative estimate of drug-likeness (QED) is 0.331. The number of carbonyl (C=O) groups is 1. The minimum atomic E-state index is -1.29.